The van der Waals surface area contributed by atoms with Gasteiger partial charge < -0.3 is 8.83 Å². The van der Waals surface area contributed by atoms with Crippen molar-refractivity contribution in [2.24, 2.45) is 0 Å². The van der Waals surface area contributed by atoms with Crippen LogP contribution in [0.2, 0.25) is 0 Å². The summed E-state index contributed by atoms with van der Waals surface area (Å²) in [5, 5.41) is 8.69. The second kappa shape index (κ2) is 6.51. The van der Waals surface area contributed by atoms with Crippen LogP contribution in [0.1, 0.15) is 15.9 Å². The molecule has 1 aromatic carbocycles. The number of carbonyl (C=O) groups excluding carboxylic acids is 1. The number of hydrogen-bond acceptors (Lipinski definition) is 7. The van der Waals surface area contributed by atoms with Crippen molar-refractivity contribution >= 4 is 17.5 Å². The molecule has 0 spiro atoms. The first-order valence-electron chi connectivity index (χ1n) is 8.41. The van der Waals surface area contributed by atoms with Crippen molar-refractivity contribution in [1.29, 1.82) is 0 Å². The number of nitrogens with zero attached hydrogens (tertiary/aromatic N) is 3. The minimum Gasteiger partial charge on any atom is -0.463 e. The van der Waals surface area contributed by atoms with Gasteiger partial charge in [-0.05, 0) is 36.2 Å². The van der Waals surface area contributed by atoms with Crippen LogP contribution < -0.4 is 0 Å². The molecule has 0 saturated heterocycles. The maximum atomic E-state index is 12.6. The largest absolute Gasteiger partial charge is 0.463 e. The number of Topliss-reactive ketones (excluding diaryl/α,β-unsaturated/α-hetero) is 1. The average Bonchev–Trinajstić information content (AvgIpc) is 3.45. The molecule has 1 aliphatic carbocycles. The Morgan fingerprint density at radius 1 is 0.889 bits per heavy atom. The number of ketones is 1. The number of rotatable bonds is 4. The molecule has 1 atom stereocenters. The fourth-order valence-electron chi connectivity index (χ4n) is 3.15. The lowest BCUT2D eigenvalue weighted by Gasteiger charge is -2.08. The van der Waals surface area contributed by atoms with Gasteiger partial charge >= 0.3 is 0 Å². The van der Waals surface area contributed by atoms with Crippen LogP contribution in [0.25, 0.3) is 22.9 Å². The van der Waals surface area contributed by atoms with Crippen LogP contribution >= 0.6 is 11.8 Å². The summed E-state index contributed by atoms with van der Waals surface area (Å²) in [5.74, 6) is 1.23. The maximum Gasteiger partial charge on any atom is 0.210 e. The molecule has 132 valence electrons. The standard InChI is InChI=1S/C20H13N3O3S/c24-19-13-6-2-1-5-12(13)11-16(19)27-20-21-17(14-7-3-9-25-14)18(22-23-20)15-8-4-10-26-15/h1-10,16H,11H2/t16-/m1/s1. The van der Waals surface area contributed by atoms with Gasteiger partial charge in [0.15, 0.2) is 23.0 Å². The summed E-state index contributed by atoms with van der Waals surface area (Å²) in [5.41, 5.74) is 2.88. The van der Waals surface area contributed by atoms with Crippen LogP contribution in [0.3, 0.4) is 0 Å². The van der Waals surface area contributed by atoms with E-state index in [-0.39, 0.29) is 11.0 Å². The molecule has 0 unspecified atom stereocenters. The van der Waals surface area contributed by atoms with Crippen LogP contribution in [0, 0.1) is 0 Å². The van der Waals surface area contributed by atoms with E-state index in [1.165, 1.54) is 11.8 Å². The second-order valence-electron chi connectivity index (χ2n) is 6.08. The Hall–Kier alpha value is -3.19. The molecular weight excluding hydrogens is 362 g/mol. The average molecular weight is 375 g/mol. The van der Waals surface area contributed by atoms with E-state index in [9.17, 15) is 4.79 Å². The van der Waals surface area contributed by atoms with Gasteiger partial charge in [-0.25, -0.2) is 4.98 Å². The monoisotopic (exact) mass is 375 g/mol. The van der Waals surface area contributed by atoms with E-state index in [4.69, 9.17) is 8.83 Å². The maximum absolute atomic E-state index is 12.6. The molecular formula is C20H13N3O3S. The highest BCUT2D eigenvalue weighted by Crippen LogP contribution is 2.35. The molecule has 3 aromatic heterocycles. The van der Waals surface area contributed by atoms with Crippen molar-refractivity contribution < 1.29 is 13.6 Å². The molecule has 0 N–H and O–H groups in total. The van der Waals surface area contributed by atoms with Gasteiger partial charge in [-0.15, -0.1) is 10.2 Å². The van der Waals surface area contributed by atoms with Crippen LogP contribution in [0.15, 0.2) is 75.0 Å². The zero-order chi connectivity index (χ0) is 18.2. The lowest BCUT2D eigenvalue weighted by Crippen LogP contribution is -2.12. The summed E-state index contributed by atoms with van der Waals surface area (Å²) in [7, 11) is 0. The highest BCUT2D eigenvalue weighted by molar-refractivity contribution is 8.00. The molecule has 0 aliphatic heterocycles. The highest BCUT2D eigenvalue weighted by atomic mass is 32.2. The van der Waals surface area contributed by atoms with Crippen LogP contribution in [0.5, 0.6) is 0 Å². The van der Waals surface area contributed by atoms with Crippen molar-refractivity contribution in [1.82, 2.24) is 15.2 Å². The zero-order valence-electron chi connectivity index (χ0n) is 14.0. The molecule has 27 heavy (non-hydrogen) atoms. The number of carbonyl (C=O) groups is 1. The van der Waals surface area contributed by atoms with Gasteiger partial charge in [-0.1, -0.05) is 36.0 Å². The number of furan rings is 2. The fraction of sp³-hybridized carbons (Fsp3) is 0.100. The van der Waals surface area contributed by atoms with Crippen molar-refractivity contribution in [3.05, 3.63) is 72.2 Å². The Morgan fingerprint density at radius 2 is 1.63 bits per heavy atom. The predicted octanol–water partition coefficient (Wildman–Crippen LogP) is 4.29. The third kappa shape index (κ3) is 2.86. The summed E-state index contributed by atoms with van der Waals surface area (Å²) in [6.45, 7) is 0. The van der Waals surface area contributed by atoms with Crippen LogP contribution in [0.4, 0.5) is 0 Å². The zero-order valence-corrected chi connectivity index (χ0v) is 14.8. The van der Waals surface area contributed by atoms with E-state index >= 15 is 0 Å². The fourth-order valence-corrected chi connectivity index (χ4v) is 4.14. The Labute approximate surface area is 158 Å². The first-order valence-corrected chi connectivity index (χ1v) is 9.29. The first kappa shape index (κ1) is 16.0. The summed E-state index contributed by atoms with van der Waals surface area (Å²) < 4.78 is 11.0. The lowest BCUT2D eigenvalue weighted by molar-refractivity contribution is 0.1000. The Kier molecular flexibility index (Phi) is 3.86. The van der Waals surface area contributed by atoms with Gasteiger partial charge in [0.1, 0.15) is 5.69 Å². The summed E-state index contributed by atoms with van der Waals surface area (Å²) in [6.07, 6.45) is 3.81. The van der Waals surface area contributed by atoms with Gasteiger partial charge in [-0.3, -0.25) is 4.79 Å². The summed E-state index contributed by atoms with van der Waals surface area (Å²) in [4.78, 5) is 17.3. The number of fused-ring (bicyclic) bond motifs is 1. The Balaban J connectivity index is 1.50. The lowest BCUT2D eigenvalue weighted by atomic mass is 10.1. The smallest absolute Gasteiger partial charge is 0.210 e. The normalized spacial score (nSPS) is 15.9. The van der Waals surface area contributed by atoms with E-state index in [0.29, 0.717) is 34.5 Å². The van der Waals surface area contributed by atoms with Gasteiger partial charge in [-0.2, -0.15) is 0 Å². The van der Waals surface area contributed by atoms with Crippen LogP contribution in [-0.2, 0) is 6.42 Å². The molecule has 3 heterocycles. The van der Waals surface area contributed by atoms with Crippen molar-refractivity contribution in [3.8, 4) is 22.9 Å². The summed E-state index contributed by atoms with van der Waals surface area (Å²) >= 11 is 1.33. The molecule has 0 radical (unpaired) electrons. The number of hydrogen-bond donors (Lipinski definition) is 0. The van der Waals surface area contributed by atoms with Gasteiger partial charge in [0, 0.05) is 5.56 Å². The SMILES string of the molecule is O=C1c2ccccc2C[C@H]1Sc1nnc(-c2ccco2)c(-c2ccco2)n1. The number of thioether (sulfide) groups is 1. The third-order valence-electron chi connectivity index (χ3n) is 4.40. The molecule has 6 nitrogen and oxygen atoms in total. The van der Waals surface area contributed by atoms with E-state index < -0.39 is 0 Å². The first-order chi connectivity index (χ1) is 13.3. The molecule has 5 rings (SSSR count). The Bertz CT molecular complexity index is 1110. The van der Waals surface area contributed by atoms with E-state index in [0.717, 1.165) is 11.1 Å². The van der Waals surface area contributed by atoms with E-state index in [1.807, 2.05) is 30.3 Å². The van der Waals surface area contributed by atoms with Crippen molar-refractivity contribution in [2.75, 3.05) is 0 Å². The molecule has 0 bridgehead atoms. The number of benzene rings is 1. The molecule has 1 aliphatic rings. The molecule has 0 fully saturated rings. The Morgan fingerprint density at radius 3 is 2.33 bits per heavy atom. The predicted molar refractivity (Wildman–Crippen MR) is 99.4 cm³/mol. The minimum atomic E-state index is -0.247. The van der Waals surface area contributed by atoms with Gasteiger partial charge in [0.2, 0.25) is 5.16 Å². The number of aromatic nitrogens is 3. The molecule has 0 amide bonds. The van der Waals surface area contributed by atoms with Crippen LogP contribution in [-0.4, -0.2) is 26.2 Å². The second-order valence-corrected chi connectivity index (χ2v) is 7.25. The quantitative estimate of drug-likeness (QED) is 0.526. The highest BCUT2D eigenvalue weighted by Gasteiger charge is 2.32. The summed E-state index contributed by atoms with van der Waals surface area (Å²) in [6, 6.07) is 14.9. The minimum absolute atomic E-state index is 0.105. The third-order valence-corrected chi connectivity index (χ3v) is 5.45. The van der Waals surface area contributed by atoms with Crippen molar-refractivity contribution in [2.45, 2.75) is 16.8 Å². The van der Waals surface area contributed by atoms with Gasteiger partial charge in [0.05, 0.1) is 17.8 Å². The topological polar surface area (TPSA) is 82.0 Å². The molecule has 7 heteroatoms. The van der Waals surface area contributed by atoms with Gasteiger partial charge in [0.25, 0.3) is 0 Å². The van der Waals surface area contributed by atoms with E-state index in [2.05, 4.69) is 15.2 Å². The van der Waals surface area contributed by atoms with E-state index in [1.54, 1.807) is 30.7 Å². The van der Waals surface area contributed by atoms with Crippen molar-refractivity contribution in [3.63, 3.8) is 0 Å². The molecule has 0 saturated carbocycles. The molecule has 4 aromatic rings.